The van der Waals surface area contributed by atoms with Crippen molar-refractivity contribution in [3.8, 4) is 0 Å². The van der Waals surface area contributed by atoms with Gasteiger partial charge in [0.05, 0.1) is 5.69 Å². The summed E-state index contributed by atoms with van der Waals surface area (Å²) >= 11 is 0. The Morgan fingerprint density at radius 2 is 2.16 bits per heavy atom. The molecule has 0 spiro atoms. The average molecular weight is 266 g/mol. The van der Waals surface area contributed by atoms with E-state index in [4.69, 9.17) is 5.73 Å². The predicted molar refractivity (Wildman–Crippen MR) is 77.0 cm³/mol. The molecule has 0 aromatic carbocycles. The van der Waals surface area contributed by atoms with E-state index >= 15 is 0 Å². The van der Waals surface area contributed by atoms with Crippen molar-refractivity contribution in [2.45, 2.75) is 46.6 Å². The molecule has 1 atom stereocenters. The minimum Gasteiger partial charge on any atom is -0.349 e. The zero-order valence-electron chi connectivity index (χ0n) is 12.7. The fourth-order valence-corrected chi connectivity index (χ4v) is 2.09. The van der Waals surface area contributed by atoms with Crippen molar-refractivity contribution in [1.82, 2.24) is 15.1 Å². The summed E-state index contributed by atoms with van der Waals surface area (Å²) in [7, 11) is 1.78. The van der Waals surface area contributed by atoms with Crippen LogP contribution in [0.5, 0.6) is 0 Å². The molecule has 0 aliphatic carbocycles. The number of aromatic nitrogens is 2. The second-order valence-electron chi connectivity index (χ2n) is 6.23. The quantitative estimate of drug-likeness (QED) is 0.847. The molecule has 19 heavy (non-hydrogen) atoms. The summed E-state index contributed by atoms with van der Waals surface area (Å²) in [4.78, 5) is 12.0. The highest BCUT2D eigenvalue weighted by molar-refractivity contribution is 5.92. The van der Waals surface area contributed by atoms with Crippen molar-refractivity contribution in [2.24, 2.45) is 18.2 Å². The lowest BCUT2D eigenvalue weighted by atomic mass is 9.88. The molecule has 0 bridgehead atoms. The number of aryl methyl sites for hydroxylation is 2. The summed E-state index contributed by atoms with van der Waals surface area (Å²) in [5, 5.41) is 7.14. The van der Waals surface area contributed by atoms with Gasteiger partial charge in [0.25, 0.3) is 5.91 Å². The number of nitrogens with two attached hydrogens (primary N) is 1. The van der Waals surface area contributed by atoms with Crippen LogP contribution in [0.4, 0.5) is 0 Å². The lowest BCUT2D eigenvalue weighted by Gasteiger charge is -2.23. The number of rotatable bonds is 5. The van der Waals surface area contributed by atoms with Gasteiger partial charge >= 0.3 is 0 Å². The van der Waals surface area contributed by atoms with Crippen LogP contribution in [-0.2, 0) is 13.5 Å². The van der Waals surface area contributed by atoms with Crippen LogP contribution in [0.15, 0.2) is 6.07 Å². The molecular weight excluding hydrogens is 240 g/mol. The summed E-state index contributed by atoms with van der Waals surface area (Å²) in [6.07, 6.45) is 1.70. The first-order valence-corrected chi connectivity index (χ1v) is 6.79. The molecule has 0 aliphatic heterocycles. The van der Waals surface area contributed by atoms with Crippen LogP contribution in [0, 0.1) is 5.41 Å². The van der Waals surface area contributed by atoms with Crippen molar-refractivity contribution in [1.29, 1.82) is 0 Å². The number of carbonyl (C=O) groups excluding carboxylic acids is 1. The second kappa shape index (κ2) is 6.19. The van der Waals surface area contributed by atoms with E-state index in [9.17, 15) is 4.79 Å². The van der Waals surface area contributed by atoms with Gasteiger partial charge in [-0.25, -0.2) is 0 Å². The maximum absolute atomic E-state index is 12.0. The van der Waals surface area contributed by atoms with Crippen LogP contribution in [0.3, 0.4) is 0 Å². The first kappa shape index (κ1) is 15.7. The van der Waals surface area contributed by atoms with Crippen molar-refractivity contribution < 1.29 is 4.79 Å². The van der Waals surface area contributed by atoms with Gasteiger partial charge in [0.1, 0.15) is 5.69 Å². The SMILES string of the molecule is CCc1cc(C(=O)NCC(N)CC(C)(C)C)n(C)n1. The lowest BCUT2D eigenvalue weighted by molar-refractivity contribution is 0.0939. The molecule has 5 nitrogen and oxygen atoms in total. The van der Waals surface area contributed by atoms with Crippen LogP contribution in [-0.4, -0.2) is 28.3 Å². The molecule has 1 unspecified atom stereocenters. The van der Waals surface area contributed by atoms with Crippen molar-refractivity contribution in [3.05, 3.63) is 17.5 Å². The summed E-state index contributed by atoms with van der Waals surface area (Å²) in [6, 6.07) is 1.80. The molecule has 5 heteroatoms. The van der Waals surface area contributed by atoms with E-state index in [2.05, 4.69) is 31.2 Å². The van der Waals surface area contributed by atoms with Gasteiger partial charge in [0, 0.05) is 19.6 Å². The first-order chi connectivity index (χ1) is 8.73. The molecule has 0 saturated carbocycles. The Morgan fingerprint density at radius 1 is 1.53 bits per heavy atom. The summed E-state index contributed by atoms with van der Waals surface area (Å²) in [6.45, 7) is 8.93. The fraction of sp³-hybridized carbons (Fsp3) is 0.714. The Labute approximate surface area is 115 Å². The Morgan fingerprint density at radius 3 is 2.63 bits per heavy atom. The van der Waals surface area contributed by atoms with Gasteiger partial charge in [0.2, 0.25) is 0 Å². The minimum absolute atomic E-state index is 0.0252. The third-order valence-corrected chi connectivity index (χ3v) is 2.92. The second-order valence-corrected chi connectivity index (χ2v) is 6.23. The van der Waals surface area contributed by atoms with E-state index in [1.165, 1.54) is 0 Å². The third kappa shape index (κ3) is 5.03. The number of carbonyl (C=O) groups is 1. The van der Waals surface area contributed by atoms with Gasteiger partial charge in [-0.05, 0) is 24.3 Å². The standard InChI is InChI=1S/C14H26N4O/c1-6-11-7-12(18(5)17-11)13(19)16-9-10(15)8-14(2,3)4/h7,10H,6,8-9,15H2,1-5H3,(H,16,19). The molecule has 0 fully saturated rings. The number of hydrogen-bond donors (Lipinski definition) is 2. The van der Waals surface area contributed by atoms with Gasteiger partial charge in [-0.3, -0.25) is 9.48 Å². The minimum atomic E-state index is -0.112. The largest absolute Gasteiger partial charge is 0.349 e. The monoisotopic (exact) mass is 266 g/mol. The van der Waals surface area contributed by atoms with E-state index in [0.29, 0.717) is 12.2 Å². The highest BCUT2D eigenvalue weighted by Gasteiger charge is 2.17. The van der Waals surface area contributed by atoms with E-state index < -0.39 is 0 Å². The van der Waals surface area contributed by atoms with Crippen molar-refractivity contribution in [2.75, 3.05) is 6.54 Å². The van der Waals surface area contributed by atoms with Crippen LogP contribution in [0.2, 0.25) is 0 Å². The number of amides is 1. The Hall–Kier alpha value is -1.36. The molecule has 0 saturated heterocycles. The predicted octanol–water partition coefficient (Wildman–Crippen LogP) is 1.48. The average Bonchev–Trinajstić information content (AvgIpc) is 2.65. The summed E-state index contributed by atoms with van der Waals surface area (Å²) in [5.41, 5.74) is 7.70. The maximum Gasteiger partial charge on any atom is 0.269 e. The Balaban J connectivity index is 2.53. The number of nitrogens with one attached hydrogen (secondary N) is 1. The van der Waals surface area contributed by atoms with E-state index in [1.54, 1.807) is 11.7 Å². The van der Waals surface area contributed by atoms with Crippen LogP contribution in [0.1, 0.15) is 50.3 Å². The van der Waals surface area contributed by atoms with E-state index in [0.717, 1.165) is 18.5 Å². The molecule has 1 aromatic heterocycles. The zero-order valence-corrected chi connectivity index (χ0v) is 12.7. The Bertz CT molecular complexity index is 431. The van der Waals surface area contributed by atoms with Gasteiger partial charge in [-0.15, -0.1) is 0 Å². The molecule has 1 rings (SSSR count). The smallest absolute Gasteiger partial charge is 0.269 e. The lowest BCUT2D eigenvalue weighted by Crippen LogP contribution is -2.39. The van der Waals surface area contributed by atoms with E-state index in [1.807, 2.05) is 13.0 Å². The van der Waals surface area contributed by atoms with Crippen molar-refractivity contribution in [3.63, 3.8) is 0 Å². The van der Waals surface area contributed by atoms with Gasteiger partial charge < -0.3 is 11.1 Å². The topological polar surface area (TPSA) is 72.9 Å². The highest BCUT2D eigenvalue weighted by atomic mass is 16.2. The first-order valence-electron chi connectivity index (χ1n) is 6.79. The molecule has 0 aliphatic rings. The number of hydrogen-bond acceptors (Lipinski definition) is 3. The molecule has 108 valence electrons. The molecule has 1 amide bonds. The maximum atomic E-state index is 12.0. The summed E-state index contributed by atoms with van der Waals surface area (Å²) in [5.74, 6) is -0.112. The molecule has 1 aromatic rings. The van der Waals surface area contributed by atoms with Crippen LogP contribution >= 0.6 is 0 Å². The normalized spacial score (nSPS) is 13.4. The molecular formula is C14H26N4O. The highest BCUT2D eigenvalue weighted by Crippen LogP contribution is 2.19. The van der Waals surface area contributed by atoms with E-state index in [-0.39, 0.29) is 17.4 Å². The fourth-order valence-electron chi connectivity index (χ4n) is 2.09. The molecule has 1 heterocycles. The molecule has 0 radical (unpaired) electrons. The zero-order chi connectivity index (χ0) is 14.6. The van der Waals surface area contributed by atoms with Crippen LogP contribution in [0.25, 0.3) is 0 Å². The van der Waals surface area contributed by atoms with Crippen molar-refractivity contribution >= 4 is 5.91 Å². The van der Waals surface area contributed by atoms with Gasteiger partial charge in [-0.1, -0.05) is 27.7 Å². The Kier molecular flexibility index (Phi) is 5.11. The third-order valence-electron chi connectivity index (χ3n) is 2.92. The number of nitrogens with zero attached hydrogens (tertiary/aromatic N) is 2. The molecule has 3 N–H and O–H groups in total. The van der Waals surface area contributed by atoms with Gasteiger partial charge in [-0.2, -0.15) is 5.10 Å². The van der Waals surface area contributed by atoms with Gasteiger partial charge in [0.15, 0.2) is 0 Å². The summed E-state index contributed by atoms with van der Waals surface area (Å²) < 4.78 is 1.61. The van der Waals surface area contributed by atoms with Crippen LogP contribution < -0.4 is 11.1 Å².